The van der Waals surface area contributed by atoms with Crippen LogP contribution in [0.4, 0.5) is 5.69 Å². The molecule has 2 amide bonds. The molecule has 1 aliphatic heterocycles. The van der Waals surface area contributed by atoms with Crippen LogP contribution in [0.3, 0.4) is 0 Å². The number of phenolic OH excluding ortho intramolecular Hbond substituents is 1. The Hall–Kier alpha value is -4.28. The van der Waals surface area contributed by atoms with Gasteiger partial charge in [-0.2, -0.15) is 0 Å². The molecule has 9 nitrogen and oxygen atoms in total. The van der Waals surface area contributed by atoms with Gasteiger partial charge in [0.15, 0.2) is 11.6 Å². The average molecular weight is 539 g/mol. The molecule has 40 heavy (non-hydrogen) atoms. The van der Waals surface area contributed by atoms with E-state index in [-0.39, 0.29) is 41.3 Å². The number of carbonyl (C=O) groups excluding carboxylic acids is 4. The second kappa shape index (κ2) is 9.43. The van der Waals surface area contributed by atoms with Crippen LogP contribution in [0.15, 0.2) is 76.9 Å². The number of fused-ring (bicyclic) bond motifs is 3. The van der Waals surface area contributed by atoms with Crippen molar-refractivity contribution >= 4 is 41.6 Å². The molecule has 4 unspecified atom stereocenters. The summed E-state index contributed by atoms with van der Waals surface area (Å²) in [7, 11) is -0.315. The molecule has 1 heterocycles. The number of ketones is 2. The van der Waals surface area contributed by atoms with Crippen molar-refractivity contribution in [3.63, 3.8) is 0 Å². The van der Waals surface area contributed by atoms with Gasteiger partial charge in [0.25, 0.3) is 0 Å². The highest BCUT2D eigenvalue weighted by molar-refractivity contribution is 6.58. The van der Waals surface area contributed by atoms with Crippen molar-refractivity contribution in [1.29, 1.82) is 0 Å². The third-order valence-corrected chi connectivity index (χ3v) is 8.52. The Morgan fingerprint density at radius 3 is 2.50 bits per heavy atom. The number of hydrogen-bond donors (Lipinski definition) is 3. The first-order valence-electron chi connectivity index (χ1n) is 13.0. The molecule has 202 valence electrons. The Bertz CT molecular complexity index is 1600. The Kier molecular flexibility index (Phi) is 6.12. The maximum atomic E-state index is 14.0. The van der Waals surface area contributed by atoms with Gasteiger partial charge in [-0.05, 0) is 55.4 Å². The van der Waals surface area contributed by atoms with E-state index in [9.17, 15) is 34.3 Å². The summed E-state index contributed by atoms with van der Waals surface area (Å²) in [5.41, 5.74) is 2.71. The summed E-state index contributed by atoms with van der Waals surface area (Å²) in [5.74, 6) is -3.74. The van der Waals surface area contributed by atoms with Crippen molar-refractivity contribution < 1.29 is 39.1 Å². The van der Waals surface area contributed by atoms with Gasteiger partial charge in [-0.1, -0.05) is 29.8 Å². The van der Waals surface area contributed by atoms with Gasteiger partial charge in [-0.15, -0.1) is 0 Å². The van der Waals surface area contributed by atoms with Crippen molar-refractivity contribution in [2.45, 2.75) is 25.7 Å². The van der Waals surface area contributed by atoms with Crippen molar-refractivity contribution in [3.05, 3.63) is 82.5 Å². The number of nitrogens with zero attached hydrogens (tertiary/aromatic N) is 1. The first kappa shape index (κ1) is 26.0. The minimum absolute atomic E-state index is 0.0240. The van der Waals surface area contributed by atoms with E-state index in [1.165, 1.54) is 37.5 Å². The van der Waals surface area contributed by atoms with Gasteiger partial charge in [0.05, 0.1) is 24.6 Å². The lowest BCUT2D eigenvalue weighted by molar-refractivity contribution is -0.123. The normalized spacial score (nSPS) is 25.8. The number of aromatic hydroxyl groups is 1. The Morgan fingerprint density at radius 1 is 1.00 bits per heavy atom. The van der Waals surface area contributed by atoms with Crippen LogP contribution in [0.25, 0.3) is 0 Å². The van der Waals surface area contributed by atoms with Crippen LogP contribution in [-0.4, -0.2) is 52.8 Å². The summed E-state index contributed by atoms with van der Waals surface area (Å²) >= 11 is 0. The van der Waals surface area contributed by atoms with Crippen LogP contribution >= 0.6 is 0 Å². The highest BCUT2D eigenvalue weighted by Gasteiger charge is 2.56. The topological polar surface area (TPSA) is 141 Å². The Balaban J connectivity index is 1.49. The second-order valence-corrected chi connectivity index (χ2v) is 10.6. The number of rotatable bonds is 4. The molecule has 4 aliphatic rings. The van der Waals surface area contributed by atoms with Gasteiger partial charge in [-0.3, -0.25) is 24.1 Å². The number of anilines is 1. The summed E-state index contributed by atoms with van der Waals surface area (Å²) < 4.78 is 5.56. The van der Waals surface area contributed by atoms with Gasteiger partial charge in [0.1, 0.15) is 11.5 Å². The number of hydrogen-bond acceptors (Lipinski definition) is 8. The molecule has 10 heteroatoms. The minimum Gasteiger partial charge on any atom is -0.508 e. The molecule has 0 saturated carbocycles. The molecular formula is C30H26BNO8. The van der Waals surface area contributed by atoms with Crippen LogP contribution in [0.5, 0.6) is 11.5 Å². The van der Waals surface area contributed by atoms with E-state index in [1.54, 1.807) is 25.1 Å². The van der Waals surface area contributed by atoms with E-state index in [0.717, 1.165) is 10.5 Å². The number of allylic oxidation sites excluding steroid dienone is 6. The minimum atomic E-state index is -1.76. The van der Waals surface area contributed by atoms with E-state index >= 15 is 0 Å². The molecule has 1 fully saturated rings. The first-order chi connectivity index (χ1) is 19.1. The molecule has 0 radical (unpaired) electrons. The molecule has 1 saturated heterocycles. The quantitative estimate of drug-likeness (QED) is 0.231. The number of ether oxygens (including phenoxy) is 1. The molecule has 0 bridgehead atoms. The highest BCUT2D eigenvalue weighted by Crippen LogP contribution is 2.56. The monoisotopic (exact) mass is 539 g/mol. The van der Waals surface area contributed by atoms with Crippen LogP contribution in [0.2, 0.25) is 0 Å². The number of imide groups is 1. The third-order valence-electron chi connectivity index (χ3n) is 8.52. The highest BCUT2D eigenvalue weighted by atomic mass is 16.5. The molecule has 0 spiro atoms. The Morgan fingerprint density at radius 2 is 1.77 bits per heavy atom. The molecule has 2 aromatic carbocycles. The van der Waals surface area contributed by atoms with Crippen LogP contribution < -0.4 is 15.1 Å². The lowest BCUT2D eigenvalue weighted by atomic mass is 9.59. The van der Waals surface area contributed by atoms with Gasteiger partial charge in [-0.25, -0.2) is 0 Å². The summed E-state index contributed by atoms with van der Waals surface area (Å²) in [4.78, 5) is 55.5. The van der Waals surface area contributed by atoms with Crippen LogP contribution in [0.1, 0.15) is 31.2 Å². The summed E-state index contributed by atoms with van der Waals surface area (Å²) in [6, 6.07) is 10.6. The van der Waals surface area contributed by atoms with E-state index in [4.69, 9.17) is 4.74 Å². The number of methoxy groups -OCH3 is 1. The fourth-order valence-corrected chi connectivity index (χ4v) is 6.75. The average Bonchev–Trinajstić information content (AvgIpc) is 3.20. The van der Waals surface area contributed by atoms with Gasteiger partial charge in [0, 0.05) is 34.3 Å². The second-order valence-electron chi connectivity index (χ2n) is 10.6. The van der Waals surface area contributed by atoms with E-state index in [2.05, 4.69) is 0 Å². The number of phenols is 1. The summed E-state index contributed by atoms with van der Waals surface area (Å²) in [6.45, 7) is 1.59. The fourth-order valence-electron chi connectivity index (χ4n) is 6.75. The van der Waals surface area contributed by atoms with Crippen molar-refractivity contribution in [3.8, 4) is 11.5 Å². The molecule has 2 aromatic rings. The lowest BCUT2D eigenvalue weighted by Gasteiger charge is -2.42. The molecule has 0 aromatic heterocycles. The summed E-state index contributed by atoms with van der Waals surface area (Å²) in [5, 5.41) is 29.3. The van der Waals surface area contributed by atoms with E-state index in [1.807, 2.05) is 6.08 Å². The maximum absolute atomic E-state index is 14.0. The smallest absolute Gasteiger partial charge is 0.488 e. The summed E-state index contributed by atoms with van der Waals surface area (Å²) in [6.07, 6.45) is 3.63. The molecule has 6 rings (SSSR count). The number of carbonyl (C=O) groups is 4. The maximum Gasteiger partial charge on any atom is 0.488 e. The van der Waals surface area contributed by atoms with Crippen molar-refractivity contribution in [1.82, 2.24) is 0 Å². The van der Waals surface area contributed by atoms with Crippen molar-refractivity contribution in [2.75, 3.05) is 12.0 Å². The molecule has 3 N–H and O–H groups in total. The number of benzene rings is 2. The lowest BCUT2D eigenvalue weighted by Crippen LogP contribution is -2.40. The third kappa shape index (κ3) is 3.78. The van der Waals surface area contributed by atoms with E-state index < -0.39 is 42.6 Å². The zero-order valence-electron chi connectivity index (χ0n) is 21.8. The Labute approximate surface area is 230 Å². The largest absolute Gasteiger partial charge is 0.508 e. The number of Topliss-reactive ketones (excluding diaryl/α,β-unsaturated/α-hetero) is 1. The number of amides is 2. The zero-order valence-corrected chi connectivity index (χ0v) is 21.8. The standard InChI is InChI=1S/C30H26BNO8/c1-14-10-23(34)27-22(28(14)35)13-21-18(25(27)19-7-6-17(33)12-24(19)40-2)8-9-20-26(21)30(37)32(29(20)36)16-5-3-4-15(11-16)31(38)39/h3-8,10-12,20-21,25-26,33,38-39H,9,13H2,1-2H3. The zero-order chi connectivity index (χ0) is 28.5. The molecule has 4 atom stereocenters. The van der Waals surface area contributed by atoms with Gasteiger partial charge < -0.3 is 19.9 Å². The molecule has 3 aliphatic carbocycles. The van der Waals surface area contributed by atoms with Crippen LogP contribution in [-0.2, 0) is 19.2 Å². The van der Waals surface area contributed by atoms with Gasteiger partial charge in [0.2, 0.25) is 11.8 Å². The first-order valence-corrected chi connectivity index (χ1v) is 13.0. The predicted octanol–water partition coefficient (Wildman–Crippen LogP) is 1.71. The van der Waals surface area contributed by atoms with E-state index in [0.29, 0.717) is 28.0 Å². The van der Waals surface area contributed by atoms with Gasteiger partial charge >= 0.3 is 7.12 Å². The predicted molar refractivity (Wildman–Crippen MR) is 145 cm³/mol. The molecular weight excluding hydrogens is 513 g/mol. The SMILES string of the molecule is COc1cc(O)ccc1C1C2=CCC3C(=O)N(c4cccc(B(O)O)c4)C(=O)C3C2CC2=C1C(=O)C=C(C)C2=O. The van der Waals surface area contributed by atoms with Crippen molar-refractivity contribution in [2.24, 2.45) is 17.8 Å². The van der Waals surface area contributed by atoms with Crippen LogP contribution in [0, 0.1) is 17.8 Å². The fraction of sp³-hybridized carbons (Fsp3) is 0.267.